The minimum Gasteiger partial charge on any atom is -0.335 e. The van der Waals surface area contributed by atoms with Crippen molar-refractivity contribution in [3.8, 4) is 0 Å². The van der Waals surface area contributed by atoms with Gasteiger partial charge >= 0.3 is 0 Å². The first-order valence-corrected chi connectivity index (χ1v) is 5.77. The van der Waals surface area contributed by atoms with E-state index in [1.54, 1.807) is 0 Å². The van der Waals surface area contributed by atoms with Gasteiger partial charge in [0.05, 0.1) is 6.20 Å². The van der Waals surface area contributed by atoms with Gasteiger partial charge in [0.2, 0.25) is 0 Å². The van der Waals surface area contributed by atoms with Crippen LogP contribution in [0.15, 0.2) is 6.20 Å². The summed E-state index contributed by atoms with van der Waals surface area (Å²) in [6.45, 7) is 5.67. The monoisotopic (exact) mass is 226 g/mol. The number of nitrogens with one attached hydrogen (secondary N) is 1. The zero-order chi connectivity index (χ0) is 10.8. The maximum absolute atomic E-state index is 12.0. The summed E-state index contributed by atoms with van der Waals surface area (Å²) in [7, 11) is 0. The summed E-state index contributed by atoms with van der Waals surface area (Å²) < 4.78 is 3.70. The first-order chi connectivity index (χ1) is 7.16. The Balaban J connectivity index is 2.07. The number of amides is 1. The maximum Gasteiger partial charge on any atom is 0.267 e. The molecule has 1 fully saturated rings. The molecule has 5 nitrogen and oxygen atoms in total. The minimum atomic E-state index is 0.0465. The number of nitrogens with zero attached hydrogens (tertiary/aromatic N) is 3. The van der Waals surface area contributed by atoms with Gasteiger partial charge in [0, 0.05) is 25.2 Å². The molecule has 1 N–H and O–H groups in total. The van der Waals surface area contributed by atoms with Gasteiger partial charge in [0.15, 0.2) is 0 Å². The van der Waals surface area contributed by atoms with Crippen LogP contribution in [0.25, 0.3) is 0 Å². The Morgan fingerprint density at radius 2 is 2.20 bits per heavy atom. The lowest BCUT2D eigenvalue weighted by atomic mass is 10.1. The predicted octanol–water partition coefficient (Wildman–Crippen LogP) is 0.360. The number of piperazine rings is 1. The summed E-state index contributed by atoms with van der Waals surface area (Å²) in [5, 5.41) is 7.07. The van der Waals surface area contributed by atoms with E-state index in [1.165, 1.54) is 6.20 Å². The Bertz CT molecular complexity index is 330. The second-order valence-electron chi connectivity index (χ2n) is 3.96. The van der Waals surface area contributed by atoms with Crippen LogP contribution in [0.4, 0.5) is 0 Å². The second-order valence-corrected chi connectivity index (χ2v) is 4.75. The molecule has 1 aliphatic heterocycles. The highest BCUT2D eigenvalue weighted by molar-refractivity contribution is 7.07. The molecule has 2 unspecified atom stereocenters. The van der Waals surface area contributed by atoms with E-state index in [2.05, 4.69) is 28.8 Å². The Labute approximate surface area is 92.6 Å². The summed E-state index contributed by atoms with van der Waals surface area (Å²) in [5.74, 6) is 0.0465. The molecule has 2 heterocycles. The van der Waals surface area contributed by atoms with Gasteiger partial charge in [-0.3, -0.25) is 4.79 Å². The fourth-order valence-electron chi connectivity index (χ4n) is 1.91. The van der Waals surface area contributed by atoms with Crippen molar-refractivity contribution in [1.82, 2.24) is 19.8 Å². The normalized spacial score (nSPS) is 26.7. The van der Waals surface area contributed by atoms with Crippen molar-refractivity contribution in [3.63, 3.8) is 0 Å². The van der Waals surface area contributed by atoms with Crippen LogP contribution in [0.2, 0.25) is 0 Å². The lowest BCUT2D eigenvalue weighted by Gasteiger charge is -2.35. The van der Waals surface area contributed by atoms with E-state index < -0.39 is 0 Å². The second kappa shape index (κ2) is 4.24. The van der Waals surface area contributed by atoms with Gasteiger partial charge in [-0.2, -0.15) is 0 Å². The lowest BCUT2D eigenvalue weighted by molar-refractivity contribution is 0.0678. The third-order valence-corrected chi connectivity index (χ3v) is 3.07. The first-order valence-electron chi connectivity index (χ1n) is 4.99. The predicted molar refractivity (Wildman–Crippen MR) is 57.9 cm³/mol. The average Bonchev–Trinajstić information content (AvgIpc) is 2.67. The summed E-state index contributed by atoms with van der Waals surface area (Å²) in [4.78, 5) is 14.5. The number of aromatic nitrogens is 2. The number of hydrogen-bond acceptors (Lipinski definition) is 5. The molecule has 1 amide bonds. The molecule has 82 valence electrons. The highest BCUT2D eigenvalue weighted by atomic mass is 32.1. The SMILES string of the molecule is CC1CN(C(=O)c2cnns2)CC(C)N1. The van der Waals surface area contributed by atoms with Crippen molar-refractivity contribution in [1.29, 1.82) is 0 Å². The fourth-order valence-corrected chi connectivity index (χ4v) is 2.39. The average molecular weight is 226 g/mol. The van der Waals surface area contributed by atoms with Gasteiger partial charge in [-0.15, -0.1) is 5.10 Å². The third-order valence-electron chi connectivity index (χ3n) is 2.42. The number of hydrogen-bond donors (Lipinski definition) is 1. The standard InChI is InChI=1S/C9H14N4OS/c1-6-4-13(5-7(2)11-6)9(14)8-3-10-12-15-8/h3,6-7,11H,4-5H2,1-2H3. The van der Waals surface area contributed by atoms with Crippen LogP contribution >= 0.6 is 11.5 Å². The van der Waals surface area contributed by atoms with E-state index in [-0.39, 0.29) is 5.91 Å². The molecular formula is C9H14N4OS. The first kappa shape index (κ1) is 10.5. The topological polar surface area (TPSA) is 58.1 Å². The van der Waals surface area contributed by atoms with Crippen LogP contribution in [0.3, 0.4) is 0 Å². The molecule has 1 saturated heterocycles. The molecule has 0 saturated carbocycles. The summed E-state index contributed by atoms with van der Waals surface area (Å²) >= 11 is 1.15. The van der Waals surface area contributed by atoms with Crippen LogP contribution in [0.5, 0.6) is 0 Å². The molecule has 0 radical (unpaired) electrons. The van der Waals surface area contributed by atoms with E-state index in [0.29, 0.717) is 17.0 Å². The van der Waals surface area contributed by atoms with E-state index in [1.807, 2.05) is 4.90 Å². The number of rotatable bonds is 1. The van der Waals surface area contributed by atoms with Crippen molar-refractivity contribution in [2.75, 3.05) is 13.1 Å². The van der Waals surface area contributed by atoms with Crippen LogP contribution < -0.4 is 5.32 Å². The van der Waals surface area contributed by atoms with Gasteiger partial charge < -0.3 is 10.2 Å². The van der Waals surface area contributed by atoms with Crippen LogP contribution in [0, 0.1) is 0 Å². The highest BCUT2D eigenvalue weighted by Gasteiger charge is 2.26. The van der Waals surface area contributed by atoms with Crippen molar-refractivity contribution >= 4 is 17.4 Å². The lowest BCUT2D eigenvalue weighted by Crippen LogP contribution is -2.55. The molecule has 1 aromatic heterocycles. The minimum absolute atomic E-state index is 0.0465. The Morgan fingerprint density at radius 1 is 1.53 bits per heavy atom. The van der Waals surface area contributed by atoms with Crippen molar-refractivity contribution in [3.05, 3.63) is 11.1 Å². The third kappa shape index (κ3) is 2.32. The summed E-state index contributed by atoms with van der Waals surface area (Å²) in [6, 6.07) is 0.692. The maximum atomic E-state index is 12.0. The number of carbonyl (C=O) groups is 1. The van der Waals surface area contributed by atoms with E-state index in [0.717, 1.165) is 24.6 Å². The molecule has 2 atom stereocenters. The molecule has 0 bridgehead atoms. The molecule has 0 spiro atoms. The quantitative estimate of drug-likeness (QED) is 0.751. The van der Waals surface area contributed by atoms with Gasteiger partial charge in [0.25, 0.3) is 5.91 Å². The van der Waals surface area contributed by atoms with Crippen LogP contribution in [-0.2, 0) is 0 Å². The van der Waals surface area contributed by atoms with E-state index >= 15 is 0 Å². The molecule has 6 heteroatoms. The Morgan fingerprint density at radius 3 is 2.73 bits per heavy atom. The molecular weight excluding hydrogens is 212 g/mol. The molecule has 0 aliphatic carbocycles. The molecule has 15 heavy (non-hydrogen) atoms. The van der Waals surface area contributed by atoms with E-state index in [4.69, 9.17) is 0 Å². The fraction of sp³-hybridized carbons (Fsp3) is 0.667. The molecule has 2 rings (SSSR count). The Kier molecular flexibility index (Phi) is 2.97. The summed E-state index contributed by atoms with van der Waals surface area (Å²) in [5.41, 5.74) is 0. The number of carbonyl (C=O) groups excluding carboxylic acids is 1. The smallest absolute Gasteiger partial charge is 0.267 e. The van der Waals surface area contributed by atoms with Gasteiger partial charge in [-0.25, -0.2) is 0 Å². The van der Waals surface area contributed by atoms with Crippen LogP contribution in [-0.4, -0.2) is 45.6 Å². The van der Waals surface area contributed by atoms with Crippen molar-refractivity contribution in [2.24, 2.45) is 0 Å². The largest absolute Gasteiger partial charge is 0.335 e. The van der Waals surface area contributed by atoms with Gasteiger partial charge in [-0.1, -0.05) is 4.49 Å². The van der Waals surface area contributed by atoms with Crippen molar-refractivity contribution in [2.45, 2.75) is 25.9 Å². The zero-order valence-corrected chi connectivity index (χ0v) is 9.62. The Hall–Kier alpha value is -1.01. The summed E-state index contributed by atoms with van der Waals surface area (Å²) in [6.07, 6.45) is 1.53. The molecule has 0 aromatic carbocycles. The van der Waals surface area contributed by atoms with E-state index in [9.17, 15) is 4.79 Å². The van der Waals surface area contributed by atoms with Gasteiger partial charge in [-0.05, 0) is 25.4 Å². The molecule has 1 aromatic rings. The molecule has 1 aliphatic rings. The zero-order valence-electron chi connectivity index (χ0n) is 8.80. The highest BCUT2D eigenvalue weighted by Crippen LogP contribution is 2.11. The van der Waals surface area contributed by atoms with Crippen LogP contribution in [0.1, 0.15) is 23.5 Å². The van der Waals surface area contributed by atoms with Gasteiger partial charge in [0.1, 0.15) is 4.88 Å². The van der Waals surface area contributed by atoms with Crippen molar-refractivity contribution < 1.29 is 4.79 Å².